The Balaban J connectivity index is 1.40. The number of aliphatic hydroxyl groups is 1. The van der Waals surface area contributed by atoms with Crippen molar-refractivity contribution in [3.05, 3.63) is 107 Å². The summed E-state index contributed by atoms with van der Waals surface area (Å²) in [5.41, 5.74) is 1.69. The average Bonchev–Trinajstić information content (AvgIpc) is 3.28. The van der Waals surface area contributed by atoms with Gasteiger partial charge in [0.15, 0.2) is 0 Å². The van der Waals surface area contributed by atoms with Crippen LogP contribution >= 0.6 is 0 Å². The number of rotatable bonds is 6. The average molecular weight is 565 g/mol. The minimum Gasteiger partial charge on any atom is -0.393 e. The molecule has 0 radical (unpaired) electrons. The summed E-state index contributed by atoms with van der Waals surface area (Å²) in [7, 11) is 1.65. The van der Waals surface area contributed by atoms with Crippen molar-refractivity contribution in [2.75, 3.05) is 33.3 Å². The largest absolute Gasteiger partial charge is 0.393 e. The Hall–Kier alpha value is -3.69. The van der Waals surface area contributed by atoms with Crippen LogP contribution < -0.4 is 0 Å². The van der Waals surface area contributed by atoms with E-state index in [9.17, 15) is 18.7 Å². The van der Waals surface area contributed by atoms with Gasteiger partial charge in [0.1, 0.15) is 23.3 Å². The molecule has 41 heavy (non-hydrogen) atoms. The number of aliphatic hydroxyl groups excluding tert-OH is 1. The maximum absolute atomic E-state index is 15.2. The Kier molecular flexibility index (Phi) is 8.47. The Bertz CT molecular complexity index is 1400. The SMILES string of the molecule is Cc1ccc(CN2CCC(N(C)C(=O)N3CC(c4cc(F)ccc4F)=C[C@@]3(CO)c3ccccc3)CC(F)C2)cn1. The van der Waals surface area contributed by atoms with E-state index in [1.165, 1.54) is 9.80 Å². The van der Waals surface area contributed by atoms with Gasteiger partial charge in [0, 0.05) is 63.1 Å². The number of nitrogens with zero attached hydrogens (tertiary/aromatic N) is 4. The first-order chi connectivity index (χ1) is 19.7. The molecule has 2 aliphatic heterocycles. The molecule has 2 unspecified atom stereocenters. The zero-order valence-corrected chi connectivity index (χ0v) is 23.3. The normalized spacial score (nSPS) is 23.3. The van der Waals surface area contributed by atoms with Gasteiger partial charge in [0.25, 0.3) is 0 Å². The number of urea groups is 1. The van der Waals surface area contributed by atoms with E-state index in [0.717, 1.165) is 29.5 Å². The van der Waals surface area contributed by atoms with Crippen molar-refractivity contribution in [2.45, 2.75) is 44.1 Å². The number of benzene rings is 2. The van der Waals surface area contributed by atoms with Gasteiger partial charge in [0.05, 0.1) is 6.61 Å². The Labute approximate surface area is 238 Å². The lowest BCUT2D eigenvalue weighted by Gasteiger charge is -2.41. The van der Waals surface area contributed by atoms with Gasteiger partial charge in [-0.25, -0.2) is 18.0 Å². The minimum atomic E-state index is -1.30. The third kappa shape index (κ3) is 6.01. The number of likely N-dealkylation sites (tertiary alicyclic amines) is 1. The standard InChI is InChI=1S/C32H35F3N4O2/c1-22-8-9-23(17-36-22)18-38-13-12-28(14-27(34)20-38)37(2)31(41)39-19-24(29-15-26(33)10-11-30(29)35)16-32(39,21-40)25-6-4-3-5-7-25/h3-11,15-17,27-28,40H,12-14,18-21H2,1-2H3/t27?,28?,32-/m1/s1. The fourth-order valence-electron chi connectivity index (χ4n) is 5.94. The van der Waals surface area contributed by atoms with Crippen LogP contribution in [-0.4, -0.2) is 76.3 Å². The number of hydrogen-bond acceptors (Lipinski definition) is 4. The highest BCUT2D eigenvalue weighted by Crippen LogP contribution is 2.41. The second-order valence-corrected chi connectivity index (χ2v) is 11.0. The van der Waals surface area contributed by atoms with Gasteiger partial charge in [-0.1, -0.05) is 36.4 Å². The highest BCUT2D eigenvalue weighted by atomic mass is 19.1. The van der Waals surface area contributed by atoms with Crippen LogP contribution in [0.2, 0.25) is 0 Å². The molecule has 3 aromatic rings. The molecule has 5 rings (SSSR count). The monoisotopic (exact) mass is 564 g/mol. The van der Waals surface area contributed by atoms with E-state index in [4.69, 9.17) is 0 Å². The van der Waals surface area contributed by atoms with Crippen molar-refractivity contribution >= 4 is 11.6 Å². The third-order valence-electron chi connectivity index (χ3n) is 8.23. The Morgan fingerprint density at radius 1 is 1.15 bits per heavy atom. The molecule has 1 aromatic heterocycles. The zero-order valence-electron chi connectivity index (χ0n) is 23.3. The number of aromatic nitrogens is 1. The predicted octanol–water partition coefficient (Wildman–Crippen LogP) is 5.31. The predicted molar refractivity (Wildman–Crippen MR) is 152 cm³/mol. The summed E-state index contributed by atoms with van der Waals surface area (Å²) in [5, 5.41) is 10.8. The molecule has 0 aliphatic carbocycles. The van der Waals surface area contributed by atoms with Gasteiger partial charge >= 0.3 is 6.03 Å². The quantitative estimate of drug-likeness (QED) is 0.441. The number of hydrogen-bond donors (Lipinski definition) is 1. The van der Waals surface area contributed by atoms with Crippen LogP contribution in [-0.2, 0) is 12.1 Å². The van der Waals surface area contributed by atoms with E-state index >= 15 is 4.39 Å². The van der Waals surface area contributed by atoms with Crippen LogP contribution in [0.1, 0.15) is 35.2 Å². The molecule has 2 amide bonds. The maximum atomic E-state index is 15.2. The van der Waals surface area contributed by atoms with Crippen molar-refractivity contribution in [3.63, 3.8) is 0 Å². The minimum absolute atomic E-state index is 0.0382. The highest BCUT2D eigenvalue weighted by Gasteiger charge is 2.46. The van der Waals surface area contributed by atoms with E-state index in [1.54, 1.807) is 43.6 Å². The first-order valence-corrected chi connectivity index (χ1v) is 13.9. The lowest BCUT2D eigenvalue weighted by Crippen LogP contribution is -2.54. The molecule has 1 N–H and O–H groups in total. The molecule has 0 saturated carbocycles. The van der Waals surface area contributed by atoms with Crippen LogP contribution in [0.25, 0.3) is 5.57 Å². The van der Waals surface area contributed by atoms with Crippen molar-refractivity contribution < 1.29 is 23.1 Å². The summed E-state index contributed by atoms with van der Waals surface area (Å²) >= 11 is 0. The summed E-state index contributed by atoms with van der Waals surface area (Å²) in [6, 6.07) is 15.3. The van der Waals surface area contributed by atoms with E-state index < -0.39 is 36.0 Å². The fourth-order valence-corrected chi connectivity index (χ4v) is 5.94. The topological polar surface area (TPSA) is 59.9 Å². The van der Waals surface area contributed by atoms with E-state index in [0.29, 0.717) is 30.6 Å². The third-order valence-corrected chi connectivity index (χ3v) is 8.23. The summed E-state index contributed by atoms with van der Waals surface area (Å²) in [4.78, 5) is 23.5. The zero-order chi connectivity index (χ0) is 29.1. The second-order valence-electron chi connectivity index (χ2n) is 11.0. The Morgan fingerprint density at radius 2 is 1.93 bits per heavy atom. The molecule has 216 valence electrons. The molecular weight excluding hydrogens is 529 g/mol. The summed E-state index contributed by atoms with van der Waals surface area (Å²) in [6.07, 6.45) is 3.05. The molecule has 0 bridgehead atoms. The van der Waals surface area contributed by atoms with E-state index in [1.807, 2.05) is 30.0 Å². The molecule has 0 spiro atoms. The molecule has 9 heteroatoms. The van der Waals surface area contributed by atoms with Crippen LogP contribution in [0.5, 0.6) is 0 Å². The van der Waals surface area contributed by atoms with Gasteiger partial charge in [0.2, 0.25) is 0 Å². The van der Waals surface area contributed by atoms with Crippen LogP contribution in [0, 0.1) is 18.6 Å². The maximum Gasteiger partial charge on any atom is 0.321 e. The summed E-state index contributed by atoms with van der Waals surface area (Å²) in [6.45, 7) is 2.83. The smallest absolute Gasteiger partial charge is 0.321 e. The van der Waals surface area contributed by atoms with Gasteiger partial charge in [-0.15, -0.1) is 0 Å². The van der Waals surface area contributed by atoms with E-state index in [-0.39, 0.29) is 31.1 Å². The van der Waals surface area contributed by atoms with Gasteiger partial charge < -0.3 is 14.9 Å². The number of amides is 2. The van der Waals surface area contributed by atoms with E-state index in [2.05, 4.69) is 4.98 Å². The van der Waals surface area contributed by atoms with Crippen molar-refractivity contribution in [1.29, 1.82) is 0 Å². The molecular formula is C32H35F3N4O2. The molecule has 3 atom stereocenters. The molecule has 3 heterocycles. The lowest BCUT2D eigenvalue weighted by molar-refractivity contribution is 0.0758. The molecule has 6 nitrogen and oxygen atoms in total. The Morgan fingerprint density at radius 3 is 2.63 bits per heavy atom. The van der Waals surface area contributed by atoms with Crippen LogP contribution in [0.15, 0.2) is 72.9 Å². The van der Waals surface area contributed by atoms with Crippen molar-refractivity contribution in [3.8, 4) is 0 Å². The number of carbonyl (C=O) groups is 1. The molecule has 2 aromatic carbocycles. The van der Waals surface area contributed by atoms with Crippen LogP contribution in [0.4, 0.5) is 18.0 Å². The number of alkyl halides is 1. The van der Waals surface area contributed by atoms with Gasteiger partial charge in [-0.2, -0.15) is 0 Å². The first kappa shape index (κ1) is 28.8. The second kappa shape index (κ2) is 12.0. The van der Waals surface area contributed by atoms with Crippen molar-refractivity contribution in [1.82, 2.24) is 19.7 Å². The fraction of sp³-hybridized carbons (Fsp3) is 0.375. The summed E-state index contributed by atoms with van der Waals surface area (Å²) < 4.78 is 44.2. The summed E-state index contributed by atoms with van der Waals surface area (Å²) in [5.74, 6) is -1.22. The molecule has 1 saturated heterocycles. The molecule has 1 fully saturated rings. The van der Waals surface area contributed by atoms with Crippen molar-refractivity contribution in [2.24, 2.45) is 0 Å². The number of halogens is 3. The van der Waals surface area contributed by atoms with Gasteiger partial charge in [-0.05, 0) is 60.4 Å². The first-order valence-electron chi connectivity index (χ1n) is 13.9. The lowest BCUT2D eigenvalue weighted by atomic mass is 9.89. The van der Waals surface area contributed by atoms with Gasteiger partial charge in [-0.3, -0.25) is 9.88 Å². The number of aryl methyl sites for hydroxylation is 1. The number of carbonyl (C=O) groups excluding carboxylic acids is 1. The number of pyridine rings is 1. The molecule has 2 aliphatic rings. The van der Waals surface area contributed by atoms with Crippen LogP contribution in [0.3, 0.4) is 0 Å². The highest BCUT2D eigenvalue weighted by molar-refractivity contribution is 5.83.